The SMILES string of the molecule is CC.CC(=O)c1sc(Nc2ccc(C)cc2F)c(C(=O)NOCCO)c1C. The lowest BCUT2D eigenvalue weighted by Crippen LogP contribution is -2.26. The fourth-order valence-electron chi connectivity index (χ4n) is 2.27. The fourth-order valence-corrected chi connectivity index (χ4v) is 3.38. The van der Waals surface area contributed by atoms with Gasteiger partial charge in [-0.3, -0.25) is 14.4 Å². The third kappa shape index (κ3) is 5.85. The van der Waals surface area contributed by atoms with E-state index in [9.17, 15) is 14.0 Å². The summed E-state index contributed by atoms with van der Waals surface area (Å²) < 4.78 is 14.1. The summed E-state index contributed by atoms with van der Waals surface area (Å²) >= 11 is 1.08. The van der Waals surface area contributed by atoms with Crippen LogP contribution in [0.15, 0.2) is 18.2 Å². The van der Waals surface area contributed by atoms with E-state index in [-0.39, 0.29) is 30.2 Å². The molecule has 6 nitrogen and oxygen atoms in total. The molecule has 8 heteroatoms. The molecule has 2 aromatic rings. The molecule has 0 radical (unpaired) electrons. The molecule has 0 aliphatic heterocycles. The highest BCUT2D eigenvalue weighted by Crippen LogP contribution is 2.36. The molecule has 2 rings (SSSR count). The zero-order valence-corrected chi connectivity index (χ0v) is 16.9. The number of carbonyl (C=O) groups excluding carboxylic acids is 2. The van der Waals surface area contributed by atoms with Gasteiger partial charge in [-0.05, 0) is 44.0 Å². The van der Waals surface area contributed by atoms with Gasteiger partial charge in [0.05, 0.1) is 29.3 Å². The number of carbonyl (C=O) groups is 2. The number of aliphatic hydroxyl groups is 1. The predicted octanol–water partition coefficient (Wildman–Crippen LogP) is 4.13. The monoisotopic (exact) mass is 396 g/mol. The lowest BCUT2D eigenvalue weighted by molar-refractivity contribution is 0.0169. The van der Waals surface area contributed by atoms with Crippen molar-refractivity contribution in [1.29, 1.82) is 0 Å². The number of hydroxylamine groups is 1. The number of hydrogen-bond acceptors (Lipinski definition) is 6. The van der Waals surface area contributed by atoms with Crippen LogP contribution in [-0.2, 0) is 4.84 Å². The van der Waals surface area contributed by atoms with Gasteiger partial charge in [0.25, 0.3) is 5.91 Å². The van der Waals surface area contributed by atoms with Gasteiger partial charge in [-0.15, -0.1) is 11.3 Å². The molecule has 1 aromatic heterocycles. The van der Waals surface area contributed by atoms with Crippen LogP contribution >= 0.6 is 11.3 Å². The Labute approximate surface area is 162 Å². The Bertz CT molecular complexity index is 805. The van der Waals surface area contributed by atoms with Crippen molar-refractivity contribution in [3.05, 3.63) is 45.6 Å². The van der Waals surface area contributed by atoms with Crippen LogP contribution in [0.3, 0.4) is 0 Å². The minimum absolute atomic E-state index is 0.0656. The van der Waals surface area contributed by atoms with Crippen molar-refractivity contribution in [2.45, 2.75) is 34.6 Å². The highest BCUT2D eigenvalue weighted by Gasteiger charge is 2.24. The number of nitrogens with one attached hydrogen (secondary N) is 2. The molecule has 27 heavy (non-hydrogen) atoms. The van der Waals surface area contributed by atoms with Crippen LogP contribution < -0.4 is 10.8 Å². The van der Waals surface area contributed by atoms with Crippen LogP contribution in [0.5, 0.6) is 0 Å². The van der Waals surface area contributed by atoms with Crippen molar-refractivity contribution >= 4 is 33.7 Å². The largest absolute Gasteiger partial charge is 0.394 e. The van der Waals surface area contributed by atoms with Crippen LogP contribution in [0.1, 0.15) is 51.9 Å². The Balaban J connectivity index is 0.00000176. The maximum atomic E-state index is 14.1. The van der Waals surface area contributed by atoms with E-state index >= 15 is 0 Å². The van der Waals surface area contributed by atoms with E-state index in [1.807, 2.05) is 13.8 Å². The van der Waals surface area contributed by atoms with E-state index in [1.54, 1.807) is 26.0 Å². The highest BCUT2D eigenvalue weighted by molar-refractivity contribution is 7.18. The number of thiophene rings is 1. The molecular formula is C19H25FN2O4S. The lowest BCUT2D eigenvalue weighted by atomic mass is 10.1. The summed E-state index contributed by atoms with van der Waals surface area (Å²) in [5.41, 5.74) is 3.86. The maximum Gasteiger partial charge on any atom is 0.278 e. The van der Waals surface area contributed by atoms with Gasteiger partial charge in [-0.1, -0.05) is 19.9 Å². The van der Waals surface area contributed by atoms with Gasteiger partial charge in [-0.25, -0.2) is 9.87 Å². The summed E-state index contributed by atoms with van der Waals surface area (Å²) in [5, 5.41) is 11.9. The first-order chi connectivity index (χ1) is 12.8. The summed E-state index contributed by atoms with van der Waals surface area (Å²) in [4.78, 5) is 29.4. The maximum absolute atomic E-state index is 14.1. The molecule has 0 saturated carbocycles. The van der Waals surface area contributed by atoms with Crippen LogP contribution in [-0.4, -0.2) is 30.0 Å². The molecule has 0 aliphatic carbocycles. The van der Waals surface area contributed by atoms with E-state index in [1.165, 1.54) is 13.0 Å². The van der Waals surface area contributed by atoms with Gasteiger partial charge in [-0.2, -0.15) is 0 Å². The van der Waals surface area contributed by atoms with Crippen molar-refractivity contribution in [3.63, 3.8) is 0 Å². The Morgan fingerprint density at radius 3 is 2.48 bits per heavy atom. The second kappa shape index (κ2) is 10.8. The van der Waals surface area contributed by atoms with Gasteiger partial charge < -0.3 is 10.4 Å². The summed E-state index contributed by atoms with van der Waals surface area (Å²) in [7, 11) is 0. The smallest absolute Gasteiger partial charge is 0.278 e. The third-order valence-electron chi connectivity index (χ3n) is 3.42. The molecule has 0 bridgehead atoms. The second-order valence-corrected chi connectivity index (χ2v) is 6.45. The minimum atomic E-state index is -0.579. The predicted molar refractivity (Wildman–Crippen MR) is 105 cm³/mol. The Morgan fingerprint density at radius 2 is 1.93 bits per heavy atom. The van der Waals surface area contributed by atoms with Gasteiger partial charge in [0.1, 0.15) is 10.8 Å². The Morgan fingerprint density at radius 1 is 1.26 bits per heavy atom. The molecular weight excluding hydrogens is 371 g/mol. The first-order valence-corrected chi connectivity index (χ1v) is 9.37. The number of ketones is 1. The zero-order chi connectivity index (χ0) is 20.6. The number of amides is 1. The normalized spacial score (nSPS) is 10.0. The number of aliphatic hydroxyl groups excluding tert-OH is 1. The molecule has 0 fully saturated rings. The van der Waals surface area contributed by atoms with Gasteiger partial charge >= 0.3 is 0 Å². The number of hydrogen-bond donors (Lipinski definition) is 3. The van der Waals surface area contributed by atoms with Gasteiger partial charge in [0, 0.05) is 0 Å². The first-order valence-electron chi connectivity index (χ1n) is 8.55. The number of aryl methyl sites for hydroxylation is 1. The highest BCUT2D eigenvalue weighted by atomic mass is 32.1. The Kier molecular flexibility index (Phi) is 9.07. The molecule has 1 heterocycles. The molecule has 0 aliphatic rings. The number of halogens is 1. The fraction of sp³-hybridized carbons (Fsp3) is 0.368. The van der Waals surface area contributed by atoms with E-state index in [0.29, 0.717) is 15.4 Å². The summed E-state index contributed by atoms with van der Waals surface area (Å²) in [6, 6.07) is 4.68. The molecule has 0 atom stereocenters. The van der Waals surface area contributed by atoms with Crippen LogP contribution in [0, 0.1) is 19.7 Å². The minimum Gasteiger partial charge on any atom is -0.394 e. The van der Waals surface area contributed by atoms with Gasteiger partial charge in [0.2, 0.25) is 0 Å². The topological polar surface area (TPSA) is 87.7 Å². The first kappa shape index (κ1) is 22.8. The number of rotatable bonds is 7. The zero-order valence-electron chi connectivity index (χ0n) is 16.1. The molecule has 1 amide bonds. The number of anilines is 2. The summed E-state index contributed by atoms with van der Waals surface area (Å²) in [6.07, 6.45) is 0. The third-order valence-corrected chi connectivity index (χ3v) is 4.73. The van der Waals surface area contributed by atoms with Crippen molar-refractivity contribution in [3.8, 4) is 0 Å². The quantitative estimate of drug-likeness (QED) is 0.372. The van der Waals surface area contributed by atoms with Gasteiger partial charge in [0.15, 0.2) is 5.78 Å². The van der Waals surface area contributed by atoms with Crippen molar-refractivity contribution in [2.75, 3.05) is 18.5 Å². The van der Waals surface area contributed by atoms with Crippen molar-refractivity contribution in [1.82, 2.24) is 5.48 Å². The van der Waals surface area contributed by atoms with Crippen LogP contribution in [0.25, 0.3) is 0 Å². The molecule has 3 N–H and O–H groups in total. The van der Waals surface area contributed by atoms with E-state index in [2.05, 4.69) is 10.8 Å². The molecule has 148 valence electrons. The van der Waals surface area contributed by atoms with Crippen LogP contribution in [0.2, 0.25) is 0 Å². The standard InChI is InChI=1S/C17H19FN2O4S.C2H6/c1-9-4-5-13(12(18)8-9)19-17-14(16(23)20-24-7-6-21)10(2)15(25-17)11(3)22;1-2/h4-5,8,19,21H,6-7H2,1-3H3,(H,20,23);1-2H3. The molecule has 0 spiro atoms. The Hall–Kier alpha value is -2.29. The van der Waals surface area contributed by atoms with E-state index in [0.717, 1.165) is 16.9 Å². The number of benzene rings is 1. The molecule has 0 saturated heterocycles. The second-order valence-electron chi connectivity index (χ2n) is 5.43. The van der Waals surface area contributed by atoms with Crippen LogP contribution in [0.4, 0.5) is 15.1 Å². The molecule has 0 unspecified atom stereocenters. The van der Waals surface area contributed by atoms with Crippen molar-refractivity contribution in [2.24, 2.45) is 0 Å². The summed E-state index contributed by atoms with van der Waals surface area (Å²) in [5.74, 6) is -1.23. The molecule has 1 aromatic carbocycles. The lowest BCUT2D eigenvalue weighted by Gasteiger charge is -2.10. The van der Waals surface area contributed by atoms with E-state index < -0.39 is 11.7 Å². The van der Waals surface area contributed by atoms with E-state index in [4.69, 9.17) is 9.94 Å². The summed E-state index contributed by atoms with van der Waals surface area (Å²) in [6.45, 7) is 8.50. The average molecular weight is 396 g/mol. The number of Topliss-reactive ketones (excluding diaryl/α,β-unsaturated/α-hetero) is 1. The van der Waals surface area contributed by atoms with Crippen molar-refractivity contribution < 1.29 is 23.9 Å². The average Bonchev–Trinajstić information content (AvgIpc) is 2.96.